The third kappa shape index (κ3) is 4.79. The highest BCUT2D eigenvalue weighted by atomic mass is 19.1. The van der Waals surface area contributed by atoms with Gasteiger partial charge in [0, 0.05) is 40.7 Å². The number of pyridine rings is 3. The molecular formula is C32H28F2N4. The summed E-state index contributed by atoms with van der Waals surface area (Å²) >= 11 is 0. The highest BCUT2D eigenvalue weighted by Gasteiger charge is 2.20. The van der Waals surface area contributed by atoms with Gasteiger partial charge in [-0.25, -0.2) is 18.7 Å². The smallest absolute Gasteiger partial charge is 0.160 e. The fraction of sp³-hybridized carbons (Fsp3) is 0.219. The summed E-state index contributed by atoms with van der Waals surface area (Å²) in [6, 6.07) is 19.8. The maximum absolute atomic E-state index is 14.6. The molecule has 4 nitrogen and oxygen atoms in total. The van der Waals surface area contributed by atoms with E-state index in [9.17, 15) is 8.78 Å². The summed E-state index contributed by atoms with van der Waals surface area (Å²) in [5, 5.41) is 0.820. The topological polar surface area (TPSA) is 41.9 Å². The Balaban J connectivity index is 1.36. The van der Waals surface area contributed by atoms with Crippen LogP contribution >= 0.6 is 0 Å². The number of piperidine rings is 1. The molecule has 38 heavy (non-hydrogen) atoms. The fourth-order valence-electron chi connectivity index (χ4n) is 5.40. The molecule has 0 N–H and O–H groups in total. The molecule has 0 unspecified atom stereocenters. The van der Waals surface area contributed by atoms with E-state index in [1.165, 1.54) is 24.5 Å². The lowest BCUT2D eigenvalue weighted by atomic mass is 9.88. The Kier molecular flexibility index (Phi) is 6.64. The standard InChI is InChI=1S/C32H28F2N4/c1-2-38-14-11-23(12-15-38)21-5-7-22(8-6-21)24-16-25(20-35-19-24)28-18-31(29-17-26(33)9-10-30(29)34)37-32-27(28)4-3-13-36-32/h3-10,13,16-20,23H,2,11-12,14-15H2,1H3. The van der Waals surface area contributed by atoms with Crippen molar-refractivity contribution in [3.05, 3.63) is 103 Å². The number of rotatable bonds is 5. The van der Waals surface area contributed by atoms with Crippen LogP contribution in [0.5, 0.6) is 0 Å². The Labute approximate surface area is 221 Å². The van der Waals surface area contributed by atoms with E-state index in [0.717, 1.165) is 59.4 Å². The van der Waals surface area contributed by atoms with Crippen molar-refractivity contribution >= 4 is 11.0 Å². The first-order valence-electron chi connectivity index (χ1n) is 13.1. The largest absolute Gasteiger partial charge is 0.304 e. The molecule has 0 radical (unpaired) electrons. The van der Waals surface area contributed by atoms with Gasteiger partial charge in [0.15, 0.2) is 5.65 Å². The Hall–Kier alpha value is -4.03. The number of fused-ring (bicyclic) bond motifs is 1. The van der Waals surface area contributed by atoms with Crippen molar-refractivity contribution < 1.29 is 8.78 Å². The van der Waals surface area contributed by atoms with E-state index < -0.39 is 11.6 Å². The summed E-state index contributed by atoms with van der Waals surface area (Å²) in [4.78, 5) is 16.0. The van der Waals surface area contributed by atoms with Gasteiger partial charge < -0.3 is 4.90 Å². The number of halogens is 2. The first kappa shape index (κ1) is 24.3. The zero-order valence-corrected chi connectivity index (χ0v) is 21.2. The summed E-state index contributed by atoms with van der Waals surface area (Å²) in [7, 11) is 0. The van der Waals surface area contributed by atoms with Crippen LogP contribution in [0, 0.1) is 11.6 Å². The van der Waals surface area contributed by atoms with Gasteiger partial charge in [0.2, 0.25) is 0 Å². The minimum atomic E-state index is -0.535. The molecule has 6 heteroatoms. The molecule has 1 aliphatic heterocycles. The second-order valence-electron chi connectivity index (χ2n) is 9.85. The van der Waals surface area contributed by atoms with Gasteiger partial charge in [-0.3, -0.25) is 4.98 Å². The number of nitrogens with zero attached hydrogens (tertiary/aromatic N) is 4. The fourth-order valence-corrected chi connectivity index (χ4v) is 5.40. The molecular weight excluding hydrogens is 478 g/mol. The molecule has 1 aliphatic rings. The third-order valence-electron chi connectivity index (χ3n) is 7.59. The Morgan fingerprint density at radius 2 is 1.63 bits per heavy atom. The SMILES string of the molecule is CCN1CCC(c2ccc(-c3cncc(-c4cc(-c5cc(F)ccc5F)nc5ncccc45)c3)cc2)CC1. The van der Waals surface area contributed by atoms with Crippen LogP contribution in [0.15, 0.2) is 85.3 Å². The quantitative estimate of drug-likeness (QED) is 0.247. The van der Waals surface area contributed by atoms with Gasteiger partial charge in [-0.1, -0.05) is 31.2 Å². The van der Waals surface area contributed by atoms with Gasteiger partial charge in [0.05, 0.1) is 5.69 Å². The highest BCUT2D eigenvalue weighted by Crippen LogP contribution is 2.35. The van der Waals surface area contributed by atoms with Gasteiger partial charge in [-0.15, -0.1) is 0 Å². The molecule has 0 saturated carbocycles. The van der Waals surface area contributed by atoms with Crippen LogP contribution in [-0.4, -0.2) is 39.5 Å². The third-order valence-corrected chi connectivity index (χ3v) is 7.59. The molecule has 4 heterocycles. The average molecular weight is 507 g/mol. The van der Waals surface area contributed by atoms with Crippen molar-refractivity contribution in [1.82, 2.24) is 19.9 Å². The molecule has 0 aliphatic carbocycles. The lowest BCUT2D eigenvalue weighted by molar-refractivity contribution is 0.222. The molecule has 190 valence electrons. The van der Waals surface area contributed by atoms with Crippen molar-refractivity contribution in [2.75, 3.05) is 19.6 Å². The second-order valence-corrected chi connectivity index (χ2v) is 9.85. The lowest BCUT2D eigenvalue weighted by Gasteiger charge is -2.31. The van der Waals surface area contributed by atoms with Crippen LogP contribution in [0.25, 0.3) is 44.5 Å². The zero-order chi connectivity index (χ0) is 26.1. The first-order valence-corrected chi connectivity index (χ1v) is 13.1. The van der Waals surface area contributed by atoms with Crippen LogP contribution < -0.4 is 0 Å². The summed E-state index contributed by atoms with van der Waals surface area (Å²) in [5.41, 5.74) is 6.03. The second kappa shape index (κ2) is 10.4. The molecule has 3 aromatic heterocycles. The summed E-state index contributed by atoms with van der Waals surface area (Å²) < 4.78 is 28.6. The van der Waals surface area contributed by atoms with E-state index >= 15 is 0 Å². The number of aromatic nitrogens is 3. The summed E-state index contributed by atoms with van der Waals surface area (Å²) in [6.45, 7) is 5.66. The minimum Gasteiger partial charge on any atom is -0.304 e. The molecule has 1 saturated heterocycles. The van der Waals surface area contributed by atoms with Crippen molar-refractivity contribution in [2.24, 2.45) is 0 Å². The van der Waals surface area contributed by atoms with E-state index in [-0.39, 0.29) is 5.56 Å². The molecule has 0 bridgehead atoms. The number of likely N-dealkylation sites (tertiary alicyclic amines) is 1. The molecule has 1 fully saturated rings. The van der Waals surface area contributed by atoms with Crippen LogP contribution in [0.1, 0.15) is 31.2 Å². The van der Waals surface area contributed by atoms with E-state index in [1.54, 1.807) is 18.5 Å². The van der Waals surface area contributed by atoms with E-state index in [4.69, 9.17) is 0 Å². The van der Waals surface area contributed by atoms with Crippen molar-refractivity contribution in [2.45, 2.75) is 25.7 Å². The minimum absolute atomic E-state index is 0.100. The van der Waals surface area contributed by atoms with Crippen molar-refractivity contribution in [3.63, 3.8) is 0 Å². The van der Waals surface area contributed by atoms with Crippen molar-refractivity contribution in [1.29, 1.82) is 0 Å². The van der Waals surface area contributed by atoms with Gasteiger partial charge in [-0.05, 0) is 97.5 Å². The molecule has 5 aromatic rings. The highest BCUT2D eigenvalue weighted by molar-refractivity contribution is 5.95. The van der Waals surface area contributed by atoms with Crippen LogP contribution in [0.4, 0.5) is 8.78 Å². The molecule has 0 amide bonds. The van der Waals surface area contributed by atoms with E-state index in [0.29, 0.717) is 17.3 Å². The Bertz CT molecular complexity index is 1590. The van der Waals surface area contributed by atoms with Crippen LogP contribution in [-0.2, 0) is 0 Å². The zero-order valence-electron chi connectivity index (χ0n) is 21.2. The van der Waals surface area contributed by atoms with Gasteiger partial charge >= 0.3 is 0 Å². The number of hydrogen-bond donors (Lipinski definition) is 0. The molecule has 6 rings (SSSR count). The van der Waals surface area contributed by atoms with E-state index in [1.807, 2.05) is 18.3 Å². The molecule has 2 aromatic carbocycles. The van der Waals surface area contributed by atoms with Crippen LogP contribution in [0.2, 0.25) is 0 Å². The number of hydrogen-bond acceptors (Lipinski definition) is 4. The molecule has 0 atom stereocenters. The maximum Gasteiger partial charge on any atom is 0.160 e. The normalized spacial score (nSPS) is 14.7. The van der Waals surface area contributed by atoms with Crippen molar-refractivity contribution in [3.8, 4) is 33.5 Å². The lowest BCUT2D eigenvalue weighted by Crippen LogP contribution is -2.32. The Morgan fingerprint density at radius 1 is 0.842 bits per heavy atom. The van der Waals surface area contributed by atoms with Gasteiger partial charge in [0.25, 0.3) is 0 Å². The monoisotopic (exact) mass is 506 g/mol. The van der Waals surface area contributed by atoms with Crippen LogP contribution in [0.3, 0.4) is 0 Å². The Morgan fingerprint density at radius 3 is 2.42 bits per heavy atom. The van der Waals surface area contributed by atoms with Gasteiger partial charge in [0.1, 0.15) is 11.6 Å². The maximum atomic E-state index is 14.6. The average Bonchev–Trinajstić information content (AvgIpc) is 2.98. The van der Waals surface area contributed by atoms with Gasteiger partial charge in [-0.2, -0.15) is 0 Å². The predicted octanol–water partition coefficient (Wildman–Crippen LogP) is 7.50. The number of benzene rings is 2. The molecule has 0 spiro atoms. The predicted molar refractivity (Wildman–Crippen MR) is 148 cm³/mol. The van der Waals surface area contributed by atoms with E-state index in [2.05, 4.69) is 57.1 Å². The summed E-state index contributed by atoms with van der Waals surface area (Å²) in [5.74, 6) is -0.449. The first-order chi connectivity index (χ1) is 18.6. The summed E-state index contributed by atoms with van der Waals surface area (Å²) in [6.07, 6.45) is 7.68.